The van der Waals surface area contributed by atoms with Gasteiger partial charge in [-0.05, 0) is 35.1 Å². The van der Waals surface area contributed by atoms with Crippen molar-refractivity contribution >= 4 is 39.8 Å². The molecule has 0 saturated carbocycles. The fourth-order valence-corrected chi connectivity index (χ4v) is 2.25. The highest BCUT2D eigenvalue weighted by Gasteiger charge is 2.05. The first kappa shape index (κ1) is 11.5. The van der Waals surface area contributed by atoms with Crippen LogP contribution < -0.4 is 5.32 Å². The van der Waals surface area contributed by atoms with Gasteiger partial charge < -0.3 is 5.32 Å². The molecule has 14 heavy (non-hydrogen) atoms. The van der Waals surface area contributed by atoms with Crippen LogP contribution in [0.3, 0.4) is 0 Å². The van der Waals surface area contributed by atoms with Gasteiger partial charge in [0.2, 0.25) is 0 Å². The van der Waals surface area contributed by atoms with Gasteiger partial charge in [-0.3, -0.25) is 4.79 Å². The first-order valence-corrected chi connectivity index (χ1v) is 6.15. The van der Waals surface area contributed by atoms with E-state index in [-0.39, 0.29) is 5.91 Å². The molecular weight excluding hydrogens is 309 g/mol. The Morgan fingerprint density at radius 1 is 1.71 bits per heavy atom. The highest BCUT2D eigenvalue weighted by Crippen LogP contribution is 2.16. The Hall–Kier alpha value is -0.540. The SMILES string of the molecule is C#CCCCNC(=O)c1csc(I)c1. The normalized spacial score (nSPS) is 9.43. The second-order valence-electron chi connectivity index (χ2n) is 2.70. The average molecular weight is 319 g/mol. The van der Waals surface area contributed by atoms with Gasteiger partial charge >= 0.3 is 0 Å². The lowest BCUT2D eigenvalue weighted by molar-refractivity contribution is 0.0954. The van der Waals surface area contributed by atoms with Gasteiger partial charge in [0.25, 0.3) is 5.91 Å². The van der Waals surface area contributed by atoms with Gasteiger partial charge in [0, 0.05) is 18.3 Å². The quantitative estimate of drug-likeness (QED) is 0.516. The summed E-state index contributed by atoms with van der Waals surface area (Å²) in [6, 6.07) is 1.88. The molecule has 0 saturated heterocycles. The highest BCUT2D eigenvalue weighted by molar-refractivity contribution is 14.1. The lowest BCUT2D eigenvalue weighted by Gasteiger charge is -2.00. The van der Waals surface area contributed by atoms with Crippen molar-refractivity contribution in [2.24, 2.45) is 0 Å². The molecule has 4 heteroatoms. The molecule has 1 aromatic rings. The predicted molar refractivity (Wildman–Crippen MR) is 67.4 cm³/mol. The molecule has 0 spiro atoms. The first-order chi connectivity index (χ1) is 6.74. The fraction of sp³-hybridized carbons (Fsp3) is 0.300. The Morgan fingerprint density at radius 3 is 3.07 bits per heavy atom. The number of hydrogen-bond donors (Lipinski definition) is 1. The monoisotopic (exact) mass is 319 g/mol. The van der Waals surface area contributed by atoms with E-state index in [0.29, 0.717) is 13.0 Å². The molecule has 0 atom stereocenters. The lowest BCUT2D eigenvalue weighted by Crippen LogP contribution is -2.23. The molecule has 0 aliphatic carbocycles. The van der Waals surface area contributed by atoms with Gasteiger partial charge in [-0.1, -0.05) is 0 Å². The fourth-order valence-electron chi connectivity index (χ4n) is 0.924. The number of nitrogens with one attached hydrogen (secondary N) is 1. The predicted octanol–water partition coefficient (Wildman–Crippen LogP) is 2.50. The maximum absolute atomic E-state index is 11.5. The second kappa shape index (κ2) is 6.04. The van der Waals surface area contributed by atoms with Crippen LogP contribution in [-0.2, 0) is 0 Å². The van der Waals surface area contributed by atoms with Crippen molar-refractivity contribution in [1.29, 1.82) is 0 Å². The molecule has 0 unspecified atom stereocenters. The van der Waals surface area contributed by atoms with E-state index >= 15 is 0 Å². The van der Waals surface area contributed by atoms with Crippen molar-refractivity contribution < 1.29 is 4.79 Å². The van der Waals surface area contributed by atoms with Crippen LogP contribution in [0, 0.1) is 15.2 Å². The molecule has 1 amide bonds. The Labute approximate surface area is 101 Å². The van der Waals surface area contributed by atoms with E-state index in [1.807, 2.05) is 11.4 Å². The summed E-state index contributed by atoms with van der Waals surface area (Å²) in [5.74, 6) is 2.52. The van der Waals surface area contributed by atoms with E-state index in [4.69, 9.17) is 6.42 Å². The summed E-state index contributed by atoms with van der Waals surface area (Å²) < 4.78 is 1.12. The lowest BCUT2D eigenvalue weighted by atomic mass is 10.3. The number of amides is 1. The number of rotatable bonds is 4. The minimum atomic E-state index is -0.0128. The van der Waals surface area contributed by atoms with Crippen LogP contribution in [0.25, 0.3) is 0 Å². The highest BCUT2D eigenvalue weighted by atomic mass is 127. The van der Waals surface area contributed by atoms with Crippen LogP contribution >= 0.6 is 33.9 Å². The van der Waals surface area contributed by atoms with Crippen molar-refractivity contribution in [3.63, 3.8) is 0 Å². The molecule has 74 valence electrons. The van der Waals surface area contributed by atoms with Gasteiger partial charge in [0.1, 0.15) is 0 Å². The molecule has 0 aliphatic rings. The van der Waals surface area contributed by atoms with Crippen molar-refractivity contribution in [3.05, 3.63) is 19.9 Å². The maximum atomic E-state index is 11.5. The summed E-state index contributed by atoms with van der Waals surface area (Å²) in [6.45, 7) is 0.648. The van der Waals surface area contributed by atoms with Crippen molar-refractivity contribution in [2.75, 3.05) is 6.54 Å². The van der Waals surface area contributed by atoms with Crippen LogP contribution in [0.4, 0.5) is 0 Å². The van der Waals surface area contributed by atoms with Crippen LogP contribution in [0.5, 0.6) is 0 Å². The van der Waals surface area contributed by atoms with Crippen molar-refractivity contribution in [1.82, 2.24) is 5.32 Å². The van der Waals surface area contributed by atoms with Crippen molar-refractivity contribution in [3.8, 4) is 12.3 Å². The number of carbonyl (C=O) groups is 1. The zero-order valence-corrected chi connectivity index (χ0v) is 10.5. The van der Waals surface area contributed by atoms with E-state index < -0.39 is 0 Å². The second-order valence-corrected chi connectivity index (χ2v) is 5.51. The number of terminal acetylenes is 1. The summed E-state index contributed by atoms with van der Waals surface area (Å²) in [6.07, 6.45) is 6.64. The molecule has 1 aromatic heterocycles. The Bertz CT molecular complexity index is 353. The van der Waals surface area contributed by atoms with Crippen LogP contribution in [0.15, 0.2) is 11.4 Å². The van der Waals surface area contributed by atoms with Crippen LogP contribution in [0.1, 0.15) is 23.2 Å². The molecule has 1 heterocycles. The average Bonchev–Trinajstić information content (AvgIpc) is 2.59. The summed E-state index contributed by atoms with van der Waals surface area (Å²) in [4.78, 5) is 11.5. The zero-order chi connectivity index (χ0) is 10.4. The standard InChI is InChI=1S/C10H10INOS/c1-2-3-4-5-12-10(13)8-6-9(11)14-7-8/h1,6-7H,3-5H2,(H,12,13). The molecular formula is C10H10INOS. The number of carbonyl (C=O) groups excluding carboxylic acids is 1. The van der Waals surface area contributed by atoms with Crippen LogP contribution in [0.2, 0.25) is 0 Å². The van der Waals surface area contributed by atoms with Gasteiger partial charge in [-0.2, -0.15) is 0 Å². The maximum Gasteiger partial charge on any atom is 0.252 e. The number of halogens is 1. The molecule has 1 rings (SSSR count). The summed E-state index contributed by atoms with van der Waals surface area (Å²) in [5, 5.41) is 4.68. The van der Waals surface area contributed by atoms with Gasteiger partial charge in [-0.15, -0.1) is 23.7 Å². The largest absolute Gasteiger partial charge is 0.352 e. The van der Waals surface area contributed by atoms with Gasteiger partial charge in [0.05, 0.1) is 8.45 Å². The summed E-state index contributed by atoms with van der Waals surface area (Å²) in [5.41, 5.74) is 0.736. The number of unbranched alkanes of at least 4 members (excludes halogenated alkanes) is 1. The van der Waals surface area contributed by atoms with Gasteiger partial charge in [-0.25, -0.2) is 0 Å². The minimum absolute atomic E-state index is 0.0128. The van der Waals surface area contributed by atoms with Crippen LogP contribution in [-0.4, -0.2) is 12.5 Å². The van der Waals surface area contributed by atoms with E-state index in [2.05, 4.69) is 33.8 Å². The van der Waals surface area contributed by atoms with E-state index in [1.165, 1.54) is 0 Å². The first-order valence-electron chi connectivity index (χ1n) is 4.19. The Balaban J connectivity index is 2.33. The molecule has 0 radical (unpaired) electrons. The minimum Gasteiger partial charge on any atom is -0.352 e. The molecule has 2 nitrogen and oxygen atoms in total. The Morgan fingerprint density at radius 2 is 2.50 bits per heavy atom. The third-order valence-electron chi connectivity index (χ3n) is 1.61. The van der Waals surface area contributed by atoms with E-state index in [0.717, 1.165) is 14.9 Å². The smallest absolute Gasteiger partial charge is 0.252 e. The van der Waals surface area contributed by atoms with E-state index in [9.17, 15) is 4.79 Å². The Kier molecular flexibility index (Phi) is 4.98. The topological polar surface area (TPSA) is 29.1 Å². The third kappa shape index (κ3) is 3.68. The number of hydrogen-bond acceptors (Lipinski definition) is 2. The molecule has 0 aliphatic heterocycles. The summed E-state index contributed by atoms with van der Waals surface area (Å²) >= 11 is 3.77. The molecule has 0 aromatic carbocycles. The van der Waals surface area contributed by atoms with Gasteiger partial charge in [0.15, 0.2) is 0 Å². The van der Waals surface area contributed by atoms with Crippen molar-refractivity contribution in [2.45, 2.75) is 12.8 Å². The third-order valence-corrected chi connectivity index (χ3v) is 3.40. The molecule has 0 fully saturated rings. The molecule has 0 bridgehead atoms. The summed E-state index contributed by atoms with van der Waals surface area (Å²) in [7, 11) is 0. The van der Waals surface area contributed by atoms with E-state index in [1.54, 1.807) is 11.3 Å². The zero-order valence-electron chi connectivity index (χ0n) is 7.55. The number of thiophene rings is 1. The molecule has 1 N–H and O–H groups in total.